The Bertz CT molecular complexity index is 888. The monoisotopic (exact) mass is 359 g/mol. The Morgan fingerprint density at radius 1 is 0.889 bits per heavy atom. The van der Waals surface area contributed by atoms with E-state index in [1.54, 1.807) is 12.1 Å². The van der Waals surface area contributed by atoms with Crippen LogP contribution in [-0.2, 0) is 9.59 Å². The highest BCUT2D eigenvalue weighted by atomic mass is 16.5. The minimum Gasteiger partial charge on any atom is -0.486 e. The minimum atomic E-state index is -0.165. The van der Waals surface area contributed by atoms with Crippen LogP contribution in [0.25, 0.3) is 0 Å². The molecule has 1 saturated heterocycles. The number of allylic oxidation sites excluding steroid dienone is 2. The van der Waals surface area contributed by atoms with Crippen LogP contribution in [0.3, 0.4) is 0 Å². The summed E-state index contributed by atoms with van der Waals surface area (Å²) in [4.78, 5) is 27.1. The number of benzene rings is 2. The largest absolute Gasteiger partial charge is 0.486 e. The third-order valence-corrected chi connectivity index (χ3v) is 6.15. The second-order valence-corrected chi connectivity index (χ2v) is 7.68. The van der Waals surface area contributed by atoms with Crippen molar-refractivity contribution in [2.75, 3.05) is 4.90 Å². The van der Waals surface area contributed by atoms with Crippen molar-refractivity contribution in [3.05, 3.63) is 72.3 Å². The molecule has 2 bridgehead atoms. The summed E-state index contributed by atoms with van der Waals surface area (Å²) in [5.74, 6) is 0.757. The van der Waals surface area contributed by atoms with Crippen LogP contribution in [-0.4, -0.2) is 11.8 Å². The first-order valence-corrected chi connectivity index (χ1v) is 9.51. The Morgan fingerprint density at radius 3 is 2.07 bits per heavy atom. The van der Waals surface area contributed by atoms with E-state index in [-0.39, 0.29) is 41.6 Å². The average Bonchev–Trinajstić information content (AvgIpc) is 3.37. The summed E-state index contributed by atoms with van der Waals surface area (Å²) >= 11 is 0. The van der Waals surface area contributed by atoms with E-state index in [1.807, 2.05) is 49.4 Å². The number of hydrogen-bond donors (Lipinski definition) is 0. The Hall–Kier alpha value is -2.88. The summed E-state index contributed by atoms with van der Waals surface area (Å²) in [6.07, 6.45) is 5.10. The summed E-state index contributed by atoms with van der Waals surface area (Å²) in [6.45, 7) is 2.00. The van der Waals surface area contributed by atoms with Gasteiger partial charge in [0.15, 0.2) is 0 Å². The molecule has 1 saturated carbocycles. The van der Waals surface area contributed by atoms with Gasteiger partial charge in [-0.3, -0.25) is 14.5 Å². The highest BCUT2D eigenvalue weighted by Gasteiger charge is 2.59. The van der Waals surface area contributed by atoms with E-state index in [2.05, 4.69) is 12.2 Å². The van der Waals surface area contributed by atoms with Crippen molar-refractivity contribution in [2.45, 2.75) is 19.4 Å². The Morgan fingerprint density at radius 2 is 1.48 bits per heavy atom. The van der Waals surface area contributed by atoms with Gasteiger partial charge in [0.1, 0.15) is 11.9 Å². The van der Waals surface area contributed by atoms with Crippen molar-refractivity contribution in [3.63, 3.8) is 0 Å². The van der Waals surface area contributed by atoms with Crippen LogP contribution >= 0.6 is 0 Å². The second kappa shape index (κ2) is 6.08. The topological polar surface area (TPSA) is 46.6 Å². The standard InChI is InChI=1S/C23H21NO3/c1-14(15-5-3-2-4-6-15)27-19-11-9-18(10-12-19)24-22(25)20-16-7-8-17(13-16)21(20)23(24)26/h2-12,14,16-17,20-21H,13H2,1H3/t14-,16-,17+,20+,21+/m1/s1. The fraction of sp³-hybridized carbons (Fsp3) is 0.304. The molecular weight excluding hydrogens is 338 g/mol. The van der Waals surface area contributed by atoms with Gasteiger partial charge in [-0.05, 0) is 55.0 Å². The Labute approximate surface area is 158 Å². The quantitative estimate of drug-likeness (QED) is 0.609. The molecule has 4 nitrogen and oxygen atoms in total. The maximum absolute atomic E-state index is 12.9. The first-order valence-electron chi connectivity index (χ1n) is 9.51. The fourth-order valence-electron chi connectivity index (χ4n) is 4.83. The fourth-order valence-corrected chi connectivity index (χ4v) is 4.83. The lowest BCUT2D eigenvalue weighted by Gasteiger charge is -2.19. The van der Waals surface area contributed by atoms with Gasteiger partial charge in [-0.25, -0.2) is 0 Å². The molecule has 27 heavy (non-hydrogen) atoms. The smallest absolute Gasteiger partial charge is 0.238 e. The van der Waals surface area contributed by atoms with Crippen LogP contribution in [0.4, 0.5) is 5.69 Å². The molecule has 1 heterocycles. The van der Waals surface area contributed by atoms with Gasteiger partial charge in [-0.2, -0.15) is 0 Å². The van der Waals surface area contributed by atoms with Crippen LogP contribution in [0.5, 0.6) is 5.75 Å². The number of rotatable bonds is 4. The molecule has 2 aromatic rings. The molecule has 2 fully saturated rings. The molecule has 136 valence electrons. The van der Waals surface area contributed by atoms with E-state index in [0.717, 1.165) is 17.7 Å². The summed E-state index contributed by atoms with van der Waals surface area (Å²) in [7, 11) is 0. The van der Waals surface area contributed by atoms with Gasteiger partial charge in [0.2, 0.25) is 11.8 Å². The summed E-state index contributed by atoms with van der Waals surface area (Å²) < 4.78 is 5.99. The first-order chi connectivity index (χ1) is 13.1. The lowest BCUT2D eigenvalue weighted by atomic mass is 9.85. The molecular formula is C23H21NO3. The van der Waals surface area contributed by atoms with Crippen LogP contribution in [0.1, 0.15) is 25.0 Å². The normalized spacial score (nSPS) is 29.3. The molecule has 0 radical (unpaired) electrons. The molecule has 2 aliphatic carbocycles. The third kappa shape index (κ3) is 2.51. The highest BCUT2D eigenvalue weighted by Crippen LogP contribution is 2.53. The highest BCUT2D eigenvalue weighted by molar-refractivity contribution is 6.22. The summed E-state index contributed by atoms with van der Waals surface area (Å²) in [6, 6.07) is 17.3. The SMILES string of the molecule is C[C@@H](Oc1ccc(N2C(=O)[C@@H]3[C@@H](C2=O)[C@H]2C=C[C@@H]3C2)cc1)c1ccccc1. The van der Waals surface area contributed by atoms with E-state index < -0.39 is 0 Å². The van der Waals surface area contributed by atoms with Crippen molar-refractivity contribution in [1.82, 2.24) is 0 Å². The second-order valence-electron chi connectivity index (χ2n) is 7.68. The third-order valence-electron chi connectivity index (χ3n) is 6.15. The number of anilines is 1. The van der Waals surface area contributed by atoms with Crippen LogP contribution < -0.4 is 9.64 Å². The first kappa shape index (κ1) is 16.3. The number of carbonyl (C=O) groups excluding carboxylic acids is 2. The Kier molecular flexibility index (Phi) is 3.67. The summed E-state index contributed by atoms with van der Waals surface area (Å²) in [5.41, 5.74) is 1.74. The van der Waals surface area contributed by atoms with Gasteiger partial charge in [0, 0.05) is 0 Å². The maximum atomic E-state index is 12.9. The van der Waals surface area contributed by atoms with Gasteiger partial charge in [-0.15, -0.1) is 0 Å². The van der Waals surface area contributed by atoms with Crippen molar-refractivity contribution in [1.29, 1.82) is 0 Å². The van der Waals surface area contributed by atoms with Gasteiger partial charge < -0.3 is 4.74 Å². The lowest BCUT2D eigenvalue weighted by molar-refractivity contribution is -0.123. The number of hydrogen-bond acceptors (Lipinski definition) is 3. The minimum absolute atomic E-state index is 0.0480. The molecule has 0 spiro atoms. The van der Waals surface area contributed by atoms with Crippen molar-refractivity contribution in [3.8, 4) is 5.75 Å². The molecule has 5 rings (SSSR count). The van der Waals surface area contributed by atoms with Crippen molar-refractivity contribution >= 4 is 17.5 Å². The predicted molar refractivity (Wildman–Crippen MR) is 102 cm³/mol. The molecule has 0 N–H and O–H groups in total. The molecule has 5 atom stereocenters. The van der Waals surface area contributed by atoms with Crippen LogP contribution in [0.15, 0.2) is 66.7 Å². The van der Waals surface area contributed by atoms with Crippen molar-refractivity contribution < 1.29 is 14.3 Å². The van der Waals surface area contributed by atoms with Crippen LogP contribution in [0, 0.1) is 23.7 Å². The number of carbonyl (C=O) groups is 2. The van der Waals surface area contributed by atoms with Gasteiger partial charge in [0.05, 0.1) is 17.5 Å². The number of fused-ring (bicyclic) bond motifs is 5. The maximum Gasteiger partial charge on any atom is 0.238 e. The number of imide groups is 1. The van der Waals surface area contributed by atoms with E-state index >= 15 is 0 Å². The number of amides is 2. The molecule has 0 aromatic heterocycles. The summed E-state index contributed by atoms with van der Waals surface area (Å²) in [5, 5.41) is 0. The average molecular weight is 359 g/mol. The zero-order chi connectivity index (χ0) is 18.5. The number of nitrogens with zero attached hydrogens (tertiary/aromatic N) is 1. The molecule has 2 aromatic carbocycles. The zero-order valence-corrected chi connectivity index (χ0v) is 15.1. The van der Waals surface area contributed by atoms with Gasteiger partial charge >= 0.3 is 0 Å². The van der Waals surface area contributed by atoms with Gasteiger partial charge in [-0.1, -0.05) is 42.5 Å². The van der Waals surface area contributed by atoms with E-state index in [0.29, 0.717) is 5.69 Å². The van der Waals surface area contributed by atoms with E-state index in [1.165, 1.54) is 4.90 Å². The molecule has 4 heteroatoms. The molecule has 2 amide bonds. The molecule has 3 aliphatic rings. The van der Waals surface area contributed by atoms with E-state index in [4.69, 9.17) is 4.74 Å². The van der Waals surface area contributed by atoms with Crippen LogP contribution in [0.2, 0.25) is 0 Å². The Balaban J connectivity index is 1.34. The zero-order valence-electron chi connectivity index (χ0n) is 15.1. The number of ether oxygens (including phenoxy) is 1. The van der Waals surface area contributed by atoms with Gasteiger partial charge in [0.25, 0.3) is 0 Å². The lowest BCUT2D eigenvalue weighted by Crippen LogP contribution is -2.32. The van der Waals surface area contributed by atoms with Crippen molar-refractivity contribution in [2.24, 2.45) is 23.7 Å². The van der Waals surface area contributed by atoms with E-state index in [9.17, 15) is 9.59 Å². The predicted octanol–water partition coefficient (Wildman–Crippen LogP) is 4.14. The molecule has 0 unspecified atom stereocenters. The molecule has 1 aliphatic heterocycles.